The smallest absolute Gasteiger partial charge is 0.0465 e. The van der Waals surface area contributed by atoms with Crippen molar-refractivity contribution in [2.45, 2.75) is 71.6 Å². The zero-order valence-corrected chi connectivity index (χ0v) is 29.7. The maximum atomic E-state index is 2.49. The van der Waals surface area contributed by atoms with Gasteiger partial charge in [0, 0.05) is 22.5 Å². The summed E-state index contributed by atoms with van der Waals surface area (Å²) in [5.74, 6) is 0. The molecule has 0 unspecified atom stereocenters. The molecule has 0 saturated carbocycles. The van der Waals surface area contributed by atoms with Gasteiger partial charge in [-0.1, -0.05) is 159 Å². The van der Waals surface area contributed by atoms with E-state index < -0.39 is 0 Å². The number of fused-ring (bicyclic) bond motifs is 3. The molecule has 0 atom stereocenters. The average molecular weight is 626 g/mol. The number of anilines is 3. The molecule has 0 radical (unpaired) electrons. The Labute approximate surface area is 287 Å². The highest BCUT2D eigenvalue weighted by Crippen LogP contribution is 2.54. The van der Waals surface area contributed by atoms with Crippen LogP contribution in [-0.2, 0) is 16.2 Å². The molecular formula is C47H47N. The quantitative estimate of drug-likeness (QED) is 0.184. The van der Waals surface area contributed by atoms with Gasteiger partial charge in [0.25, 0.3) is 0 Å². The summed E-state index contributed by atoms with van der Waals surface area (Å²) in [5.41, 5.74) is 16.8. The summed E-state index contributed by atoms with van der Waals surface area (Å²) in [5, 5.41) is 0. The molecule has 0 fully saturated rings. The van der Waals surface area contributed by atoms with Crippen molar-refractivity contribution in [3.63, 3.8) is 0 Å². The van der Waals surface area contributed by atoms with Crippen LogP contribution in [0.5, 0.6) is 0 Å². The maximum Gasteiger partial charge on any atom is 0.0465 e. The zero-order chi connectivity index (χ0) is 33.8. The van der Waals surface area contributed by atoms with Crippen LogP contribution in [0.4, 0.5) is 17.1 Å². The Kier molecular flexibility index (Phi) is 7.71. The normalized spacial score (nSPS) is 13.6. The average Bonchev–Trinajstić information content (AvgIpc) is 3.31. The SMILES string of the molecule is CC(C)(C)c1cc2c(c(C(C)(C)C)c1)C(C)(C)c1cc(N(c3ccc(-c4ccccc4)cc3)c3ccc(-c4ccccc4)cc3)ccc1-2. The summed E-state index contributed by atoms with van der Waals surface area (Å²) in [7, 11) is 0. The molecule has 7 rings (SSSR count). The predicted octanol–water partition coefficient (Wildman–Crippen LogP) is 13.4. The monoisotopic (exact) mass is 625 g/mol. The molecule has 1 nitrogen and oxygen atoms in total. The van der Waals surface area contributed by atoms with Crippen molar-refractivity contribution in [1.29, 1.82) is 0 Å². The van der Waals surface area contributed by atoms with Gasteiger partial charge in [-0.15, -0.1) is 0 Å². The second-order valence-corrected chi connectivity index (χ2v) is 16.0. The first-order valence-corrected chi connectivity index (χ1v) is 17.3. The van der Waals surface area contributed by atoms with E-state index in [4.69, 9.17) is 0 Å². The molecule has 48 heavy (non-hydrogen) atoms. The molecule has 1 aliphatic carbocycles. The van der Waals surface area contributed by atoms with Gasteiger partial charge in [-0.25, -0.2) is 0 Å². The van der Waals surface area contributed by atoms with E-state index in [1.807, 2.05) is 0 Å². The second kappa shape index (κ2) is 11.7. The number of hydrogen-bond donors (Lipinski definition) is 0. The molecule has 240 valence electrons. The van der Waals surface area contributed by atoms with Gasteiger partial charge in [0.1, 0.15) is 0 Å². The van der Waals surface area contributed by atoms with Crippen LogP contribution < -0.4 is 4.90 Å². The minimum Gasteiger partial charge on any atom is -0.310 e. The molecule has 1 aliphatic rings. The summed E-state index contributed by atoms with van der Waals surface area (Å²) < 4.78 is 0. The van der Waals surface area contributed by atoms with Gasteiger partial charge in [0.05, 0.1) is 0 Å². The van der Waals surface area contributed by atoms with E-state index >= 15 is 0 Å². The van der Waals surface area contributed by atoms with Crippen molar-refractivity contribution >= 4 is 17.1 Å². The van der Waals surface area contributed by atoms with E-state index in [2.05, 4.69) is 200 Å². The van der Waals surface area contributed by atoms with Crippen LogP contribution in [0, 0.1) is 0 Å². The van der Waals surface area contributed by atoms with E-state index in [1.54, 1.807) is 0 Å². The van der Waals surface area contributed by atoms with Gasteiger partial charge in [-0.05, 0) is 103 Å². The van der Waals surface area contributed by atoms with E-state index in [9.17, 15) is 0 Å². The van der Waals surface area contributed by atoms with Gasteiger partial charge < -0.3 is 4.90 Å². The first kappa shape index (κ1) is 31.7. The maximum absolute atomic E-state index is 2.49. The Hall–Kier alpha value is -4.88. The Morgan fingerprint density at radius 1 is 0.438 bits per heavy atom. The minimum atomic E-state index is -0.139. The van der Waals surface area contributed by atoms with Gasteiger partial charge >= 0.3 is 0 Å². The molecule has 1 heteroatoms. The summed E-state index contributed by atoms with van der Waals surface area (Å²) in [4.78, 5) is 2.41. The zero-order valence-electron chi connectivity index (χ0n) is 29.7. The van der Waals surface area contributed by atoms with E-state index in [1.165, 1.54) is 61.3 Å². The highest BCUT2D eigenvalue weighted by molar-refractivity contribution is 5.87. The molecule has 0 amide bonds. The lowest BCUT2D eigenvalue weighted by Crippen LogP contribution is -2.25. The third kappa shape index (κ3) is 5.66. The fourth-order valence-corrected chi connectivity index (χ4v) is 7.42. The summed E-state index contributed by atoms with van der Waals surface area (Å²) in [6, 6.07) is 51.3. The van der Waals surface area contributed by atoms with Crippen LogP contribution >= 0.6 is 0 Å². The van der Waals surface area contributed by atoms with Crippen molar-refractivity contribution in [3.8, 4) is 33.4 Å². The molecule has 0 bridgehead atoms. The lowest BCUT2D eigenvalue weighted by atomic mass is 9.71. The Bertz CT molecular complexity index is 1990. The lowest BCUT2D eigenvalue weighted by Gasteiger charge is -2.33. The molecule has 0 aromatic heterocycles. The molecule has 6 aromatic carbocycles. The molecule has 0 N–H and O–H groups in total. The van der Waals surface area contributed by atoms with Gasteiger partial charge in [0.2, 0.25) is 0 Å². The standard InChI is InChI=1S/C47H47N/c1-45(2,3)36-29-41-40-28-27-39(31-42(40)47(7,8)44(41)43(30-36)46(4,5)6)48(37-23-19-34(20-24-37)32-15-11-9-12-16-32)38-25-21-35(22-26-38)33-17-13-10-14-18-33/h9-31H,1-8H3. The molecular weight excluding hydrogens is 579 g/mol. The molecule has 6 aromatic rings. The van der Waals surface area contributed by atoms with Crippen LogP contribution in [0.1, 0.15) is 77.6 Å². The second-order valence-electron chi connectivity index (χ2n) is 16.0. The minimum absolute atomic E-state index is 0.0283. The van der Waals surface area contributed by atoms with Crippen LogP contribution in [0.2, 0.25) is 0 Å². The van der Waals surface area contributed by atoms with Crippen molar-refractivity contribution in [3.05, 3.63) is 162 Å². The first-order chi connectivity index (χ1) is 22.8. The highest BCUT2D eigenvalue weighted by atomic mass is 15.1. The molecule has 0 aliphatic heterocycles. The van der Waals surface area contributed by atoms with Crippen LogP contribution in [0.15, 0.2) is 140 Å². The topological polar surface area (TPSA) is 3.24 Å². The van der Waals surface area contributed by atoms with Crippen LogP contribution in [0.3, 0.4) is 0 Å². The third-order valence-corrected chi connectivity index (χ3v) is 10.1. The number of rotatable bonds is 5. The number of hydrogen-bond acceptors (Lipinski definition) is 1. The number of nitrogens with zero attached hydrogens (tertiary/aromatic N) is 1. The Balaban J connectivity index is 1.38. The fourth-order valence-electron chi connectivity index (χ4n) is 7.42. The molecule has 0 spiro atoms. The van der Waals surface area contributed by atoms with E-state index in [-0.39, 0.29) is 16.2 Å². The van der Waals surface area contributed by atoms with E-state index in [0.717, 1.165) is 11.4 Å². The van der Waals surface area contributed by atoms with Crippen molar-refractivity contribution < 1.29 is 0 Å². The Morgan fingerprint density at radius 2 is 0.896 bits per heavy atom. The van der Waals surface area contributed by atoms with Gasteiger partial charge in [0.15, 0.2) is 0 Å². The third-order valence-electron chi connectivity index (χ3n) is 10.1. The first-order valence-electron chi connectivity index (χ1n) is 17.3. The predicted molar refractivity (Wildman–Crippen MR) is 207 cm³/mol. The molecule has 0 heterocycles. The molecule has 0 saturated heterocycles. The fraction of sp³-hybridized carbons (Fsp3) is 0.234. The van der Waals surface area contributed by atoms with Crippen molar-refractivity contribution in [1.82, 2.24) is 0 Å². The summed E-state index contributed by atoms with van der Waals surface area (Å²) >= 11 is 0. The van der Waals surface area contributed by atoms with Crippen molar-refractivity contribution in [2.75, 3.05) is 4.90 Å². The largest absolute Gasteiger partial charge is 0.310 e. The number of benzene rings is 6. The van der Waals surface area contributed by atoms with Crippen LogP contribution in [-0.4, -0.2) is 0 Å². The van der Waals surface area contributed by atoms with Gasteiger partial charge in [-0.2, -0.15) is 0 Å². The van der Waals surface area contributed by atoms with Crippen molar-refractivity contribution in [2.24, 2.45) is 0 Å². The lowest BCUT2D eigenvalue weighted by molar-refractivity contribution is 0.545. The van der Waals surface area contributed by atoms with Crippen LogP contribution in [0.25, 0.3) is 33.4 Å². The summed E-state index contributed by atoms with van der Waals surface area (Å²) in [6.45, 7) is 18.9. The van der Waals surface area contributed by atoms with Gasteiger partial charge in [-0.3, -0.25) is 0 Å². The Morgan fingerprint density at radius 3 is 1.35 bits per heavy atom. The highest BCUT2D eigenvalue weighted by Gasteiger charge is 2.41. The summed E-state index contributed by atoms with van der Waals surface area (Å²) in [6.07, 6.45) is 0. The van der Waals surface area contributed by atoms with E-state index in [0.29, 0.717) is 0 Å².